The van der Waals surface area contributed by atoms with Crippen molar-refractivity contribution in [3.05, 3.63) is 28.2 Å². The third-order valence-corrected chi connectivity index (χ3v) is 4.37. The number of piperidine rings is 1. The van der Waals surface area contributed by atoms with Crippen LogP contribution in [0.3, 0.4) is 0 Å². The smallest absolute Gasteiger partial charge is 0.0511 e. The molecule has 1 aromatic rings. The standard InChI is InChI=1S/C15H23BrN2/c1-11(17)12-5-6-14(13(16)9-12)18-8-4-7-15(2,3)10-18/h5-6,9,11H,4,7-8,10,17H2,1-3H3. The zero-order valence-corrected chi connectivity index (χ0v) is 13.1. The van der Waals surface area contributed by atoms with E-state index in [0.717, 1.165) is 17.6 Å². The molecule has 1 fully saturated rings. The Labute approximate surface area is 119 Å². The molecule has 1 heterocycles. The van der Waals surface area contributed by atoms with Gasteiger partial charge in [0.1, 0.15) is 0 Å². The fraction of sp³-hybridized carbons (Fsp3) is 0.600. The minimum atomic E-state index is 0.0909. The number of anilines is 1. The van der Waals surface area contributed by atoms with Gasteiger partial charge in [-0.05, 0) is 58.8 Å². The monoisotopic (exact) mass is 310 g/mol. The maximum Gasteiger partial charge on any atom is 0.0511 e. The average Bonchev–Trinajstić information content (AvgIpc) is 2.27. The third kappa shape index (κ3) is 3.07. The molecule has 3 heteroatoms. The zero-order chi connectivity index (χ0) is 13.3. The van der Waals surface area contributed by atoms with Crippen molar-refractivity contribution in [2.24, 2.45) is 11.1 Å². The van der Waals surface area contributed by atoms with Crippen LogP contribution in [0.15, 0.2) is 22.7 Å². The van der Waals surface area contributed by atoms with Crippen LogP contribution in [0.1, 0.15) is 45.2 Å². The van der Waals surface area contributed by atoms with Crippen LogP contribution in [0.4, 0.5) is 5.69 Å². The van der Waals surface area contributed by atoms with Gasteiger partial charge in [-0.15, -0.1) is 0 Å². The van der Waals surface area contributed by atoms with Crippen LogP contribution in [-0.2, 0) is 0 Å². The molecule has 0 aromatic heterocycles. The summed E-state index contributed by atoms with van der Waals surface area (Å²) in [6.07, 6.45) is 2.59. The lowest BCUT2D eigenvalue weighted by molar-refractivity contribution is 0.293. The Balaban J connectivity index is 2.23. The fourth-order valence-electron chi connectivity index (χ4n) is 2.69. The molecule has 2 nitrogen and oxygen atoms in total. The first-order valence-electron chi connectivity index (χ1n) is 6.69. The predicted molar refractivity (Wildman–Crippen MR) is 82.0 cm³/mol. The Morgan fingerprint density at radius 3 is 2.67 bits per heavy atom. The molecule has 0 amide bonds. The number of halogens is 1. The van der Waals surface area contributed by atoms with E-state index in [1.165, 1.54) is 24.1 Å². The van der Waals surface area contributed by atoms with Crippen LogP contribution in [0, 0.1) is 5.41 Å². The van der Waals surface area contributed by atoms with Crippen molar-refractivity contribution >= 4 is 21.6 Å². The van der Waals surface area contributed by atoms with Crippen molar-refractivity contribution in [2.75, 3.05) is 18.0 Å². The number of hydrogen-bond acceptors (Lipinski definition) is 2. The molecule has 100 valence electrons. The van der Waals surface area contributed by atoms with Gasteiger partial charge in [0.2, 0.25) is 0 Å². The lowest BCUT2D eigenvalue weighted by Crippen LogP contribution is -2.40. The summed E-state index contributed by atoms with van der Waals surface area (Å²) in [6.45, 7) is 9.00. The van der Waals surface area contributed by atoms with E-state index in [4.69, 9.17) is 5.73 Å². The van der Waals surface area contributed by atoms with E-state index in [1.54, 1.807) is 0 Å². The third-order valence-electron chi connectivity index (χ3n) is 3.74. The maximum atomic E-state index is 5.92. The topological polar surface area (TPSA) is 29.3 Å². The lowest BCUT2D eigenvalue weighted by atomic mass is 9.84. The Morgan fingerprint density at radius 1 is 1.39 bits per heavy atom. The first-order valence-corrected chi connectivity index (χ1v) is 7.48. The highest BCUT2D eigenvalue weighted by Gasteiger charge is 2.27. The molecule has 1 aromatic carbocycles. The van der Waals surface area contributed by atoms with E-state index < -0.39 is 0 Å². The highest BCUT2D eigenvalue weighted by atomic mass is 79.9. The second-order valence-electron chi connectivity index (χ2n) is 6.19. The van der Waals surface area contributed by atoms with Gasteiger partial charge in [0.05, 0.1) is 5.69 Å². The van der Waals surface area contributed by atoms with E-state index >= 15 is 0 Å². The molecule has 1 unspecified atom stereocenters. The van der Waals surface area contributed by atoms with Gasteiger partial charge >= 0.3 is 0 Å². The number of nitrogens with two attached hydrogens (primary N) is 1. The number of benzene rings is 1. The van der Waals surface area contributed by atoms with E-state index in [1.807, 2.05) is 6.92 Å². The molecule has 1 atom stereocenters. The molecule has 0 bridgehead atoms. The first kappa shape index (κ1) is 13.9. The fourth-order valence-corrected chi connectivity index (χ4v) is 3.34. The first-order chi connectivity index (χ1) is 8.39. The Kier molecular flexibility index (Phi) is 4.02. The van der Waals surface area contributed by atoms with E-state index in [2.05, 4.69) is 52.9 Å². The van der Waals surface area contributed by atoms with Crippen LogP contribution < -0.4 is 10.6 Å². The number of rotatable bonds is 2. The number of hydrogen-bond donors (Lipinski definition) is 1. The molecule has 0 radical (unpaired) electrons. The van der Waals surface area contributed by atoms with Gasteiger partial charge in [-0.3, -0.25) is 0 Å². The molecule has 2 N–H and O–H groups in total. The highest BCUT2D eigenvalue weighted by molar-refractivity contribution is 9.10. The van der Waals surface area contributed by atoms with Gasteiger partial charge < -0.3 is 10.6 Å². The summed E-state index contributed by atoms with van der Waals surface area (Å²) in [5, 5.41) is 0. The molecule has 18 heavy (non-hydrogen) atoms. The zero-order valence-electron chi connectivity index (χ0n) is 11.5. The Bertz CT molecular complexity index is 427. The largest absolute Gasteiger partial charge is 0.370 e. The summed E-state index contributed by atoms with van der Waals surface area (Å²) in [5.74, 6) is 0. The van der Waals surface area contributed by atoms with E-state index in [9.17, 15) is 0 Å². The Hall–Kier alpha value is -0.540. The van der Waals surface area contributed by atoms with E-state index in [-0.39, 0.29) is 6.04 Å². The van der Waals surface area contributed by atoms with Crippen LogP contribution in [-0.4, -0.2) is 13.1 Å². The van der Waals surface area contributed by atoms with Crippen molar-refractivity contribution < 1.29 is 0 Å². The van der Waals surface area contributed by atoms with Gasteiger partial charge in [-0.1, -0.05) is 19.9 Å². The molecular formula is C15H23BrN2. The minimum absolute atomic E-state index is 0.0909. The quantitative estimate of drug-likeness (QED) is 0.891. The van der Waals surface area contributed by atoms with Gasteiger partial charge in [0.15, 0.2) is 0 Å². The summed E-state index contributed by atoms with van der Waals surface area (Å²) >= 11 is 3.69. The molecule has 1 saturated heterocycles. The summed E-state index contributed by atoms with van der Waals surface area (Å²) < 4.78 is 1.16. The molecule has 1 aliphatic heterocycles. The molecule has 2 rings (SSSR count). The van der Waals surface area contributed by atoms with E-state index in [0.29, 0.717) is 5.41 Å². The van der Waals surface area contributed by atoms with Crippen molar-refractivity contribution in [3.8, 4) is 0 Å². The molecule has 0 aliphatic carbocycles. The molecule has 1 aliphatic rings. The normalized spacial score (nSPS) is 20.8. The second-order valence-corrected chi connectivity index (χ2v) is 7.04. The van der Waals surface area contributed by atoms with Crippen molar-refractivity contribution in [1.29, 1.82) is 0 Å². The molecule has 0 spiro atoms. The summed E-state index contributed by atoms with van der Waals surface area (Å²) in [4.78, 5) is 2.48. The molecular weight excluding hydrogens is 288 g/mol. The summed E-state index contributed by atoms with van der Waals surface area (Å²) in [6, 6.07) is 6.59. The predicted octanol–water partition coefficient (Wildman–Crippen LogP) is 4.10. The van der Waals surface area contributed by atoms with Crippen LogP contribution in [0.2, 0.25) is 0 Å². The maximum absolute atomic E-state index is 5.92. The van der Waals surface area contributed by atoms with Crippen LogP contribution in [0.5, 0.6) is 0 Å². The van der Waals surface area contributed by atoms with Gasteiger partial charge in [-0.25, -0.2) is 0 Å². The minimum Gasteiger partial charge on any atom is -0.370 e. The van der Waals surface area contributed by atoms with Crippen molar-refractivity contribution in [3.63, 3.8) is 0 Å². The lowest BCUT2D eigenvalue weighted by Gasteiger charge is -2.40. The SMILES string of the molecule is CC(N)c1ccc(N2CCCC(C)(C)C2)c(Br)c1. The van der Waals surface area contributed by atoms with Gasteiger partial charge in [0, 0.05) is 23.6 Å². The average molecular weight is 311 g/mol. The summed E-state index contributed by atoms with van der Waals surface area (Å²) in [7, 11) is 0. The highest BCUT2D eigenvalue weighted by Crippen LogP contribution is 2.35. The van der Waals surface area contributed by atoms with Crippen LogP contribution in [0.25, 0.3) is 0 Å². The summed E-state index contributed by atoms with van der Waals surface area (Å²) in [5.41, 5.74) is 8.81. The second kappa shape index (κ2) is 5.22. The van der Waals surface area contributed by atoms with Crippen molar-refractivity contribution in [2.45, 2.75) is 39.7 Å². The number of nitrogens with zero attached hydrogens (tertiary/aromatic N) is 1. The van der Waals surface area contributed by atoms with Gasteiger partial charge in [0.25, 0.3) is 0 Å². The van der Waals surface area contributed by atoms with Crippen molar-refractivity contribution in [1.82, 2.24) is 0 Å². The molecule has 0 saturated carbocycles. The van der Waals surface area contributed by atoms with Gasteiger partial charge in [-0.2, -0.15) is 0 Å². The Morgan fingerprint density at radius 2 is 2.11 bits per heavy atom. The van der Waals surface area contributed by atoms with Crippen LogP contribution >= 0.6 is 15.9 Å².